The van der Waals surface area contributed by atoms with E-state index in [0.29, 0.717) is 58.3 Å². The summed E-state index contributed by atoms with van der Waals surface area (Å²) in [7, 11) is 0. The number of benzene rings is 3. The van der Waals surface area contributed by atoms with Crippen molar-refractivity contribution in [2.75, 3.05) is 26.2 Å². The maximum atomic E-state index is 13.3. The van der Waals surface area contributed by atoms with Crippen molar-refractivity contribution in [3.63, 3.8) is 0 Å². The minimum absolute atomic E-state index is 0.168. The monoisotopic (exact) mass is 914 g/mol. The summed E-state index contributed by atoms with van der Waals surface area (Å²) < 4.78 is 95.2. The molecule has 24 heteroatoms. The molecule has 3 aromatic carbocycles. The second-order valence-corrected chi connectivity index (χ2v) is 12.9. The molecule has 63 heavy (non-hydrogen) atoms. The molecular weight excluding hydrogens is 867 g/mol. The van der Waals surface area contributed by atoms with Gasteiger partial charge in [-0.2, -0.15) is 39.5 Å². The number of carboxylic acids is 3. The molecule has 0 aliphatic carbocycles. The Bertz CT molecular complexity index is 1720. The first-order chi connectivity index (χ1) is 29.2. The number of alkyl halides is 9. The molecule has 11 N–H and O–H groups in total. The van der Waals surface area contributed by atoms with Gasteiger partial charge in [0, 0.05) is 26.2 Å². The van der Waals surface area contributed by atoms with E-state index in [1.807, 2.05) is 91.0 Å². The number of carbonyl (C=O) groups excluding carboxylic acids is 3. The second kappa shape index (κ2) is 28.4. The average molecular weight is 915 g/mol. The van der Waals surface area contributed by atoms with Crippen LogP contribution in [0.25, 0.3) is 0 Å². The van der Waals surface area contributed by atoms with E-state index in [4.69, 9.17) is 46.9 Å². The van der Waals surface area contributed by atoms with Crippen LogP contribution in [-0.2, 0) is 48.0 Å². The van der Waals surface area contributed by atoms with Gasteiger partial charge >= 0.3 is 36.4 Å². The number of hydrogen-bond donors (Lipinski definition) is 8. The molecule has 3 aromatic rings. The standard InChI is InChI=1S/C33H44N6O3.3C2HF3O2/c34-28(22-25-12-4-1-5-13-25)31(40)37-18-10-20-39(33(42)30(36)24-27-16-8-3-9-17-27)21-11-19-38-32(41)29(35)23-26-14-6-2-7-15-26;3*3-2(4,5)1(6)7/h1-9,12-17,28-30H,10-11,18-24,34-36H2,(H,37,40)(H,38,41);3*(H,6,7)/t28-,29-,30-;;;/m0.../s1. The number of aliphatic carboxylic acids is 3. The Morgan fingerprint density at radius 2 is 0.714 bits per heavy atom. The number of carbonyl (C=O) groups is 6. The van der Waals surface area contributed by atoms with Crippen molar-refractivity contribution in [3.05, 3.63) is 108 Å². The lowest BCUT2D eigenvalue weighted by Gasteiger charge is -2.26. The van der Waals surface area contributed by atoms with Crippen LogP contribution in [0.5, 0.6) is 0 Å². The zero-order valence-electron chi connectivity index (χ0n) is 33.1. The lowest BCUT2D eigenvalue weighted by molar-refractivity contribution is -0.193. The Balaban J connectivity index is 0.00000150. The van der Waals surface area contributed by atoms with E-state index in [9.17, 15) is 53.9 Å². The molecule has 0 saturated heterocycles. The van der Waals surface area contributed by atoms with E-state index in [-0.39, 0.29) is 17.7 Å². The number of halogens is 9. The highest BCUT2D eigenvalue weighted by Gasteiger charge is 2.39. The number of carboxylic acid groups (broad SMARTS) is 3. The first-order valence-corrected chi connectivity index (χ1v) is 18.3. The van der Waals surface area contributed by atoms with E-state index in [0.717, 1.165) is 16.7 Å². The average Bonchev–Trinajstić information content (AvgIpc) is 3.20. The summed E-state index contributed by atoms with van der Waals surface area (Å²) in [5, 5.41) is 27.1. The zero-order valence-corrected chi connectivity index (χ0v) is 33.1. The van der Waals surface area contributed by atoms with Gasteiger partial charge in [-0.05, 0) is 48.8 Å². The summed E-state index contributed by atoms with van der Waals surface area (Å²) >= 11 is 0. The van der Waals surface area contributed by atoms with Crippen LogP contribution in [0.2, 0.25) is 0 Å². The van der Waals surface area contributed by atoms with Crippen LogP contribution < -0.4 is 27.8 Å². The number of amides is 3. The molecule has 0 heterocycles. The van der Waals surface area contributed by atoms with Crippen LogP contribution >= 0.6 is 0 Å². The van der Waals surface area contributed by atoms with Gasteiger partial charge in [-0.25, -0.2) is 14.4 Å². The normalized spacial score (nSPS) is 12.4. The van der Waals surface area contributed by atoms with Gasteiger partial charge in [0.05, 0.1) is 18.1 Å². The van der Waals surface area contributed by atoms with E-state index >= 15 is 0 Å². The van der Waals surface area contributed by atoms with Crippen molar-refractivity contribution in [2.45, 2.75) is 68.8 Å². The lowest BCUT2D eigenvalue weighted by Crippen LogP contribution is -2.47. The first-order valence-electron chi connectivity index (χ1n) is 18.3. The van der Waals surface area contributed by atoms with Gasteiger partial charge in [0.2, 0.25) is 17.7 Å². The Kier molecular flexibility index (Phi) is 25.5. The molecule has 15 nitrogen and oxygen atoms in total. The Labute approximate surface area is 354 Å². The number of nitrogens with one attached hydrogen (secondary N) is 2. The fourth-order valence-corrected chi connectivity index (χ4v) is 4.67. The molecule has 0 saturated carbocycles. The second-order valence-electron chi connectivity index (χ2n) is 12.9. The van der Waals surface area contributed by atoms with Crippen LogP contribution in [0.15, 0.2) is 91.0 Å². The summed E-state index contributed by atoms with van der Waals surface area (Å²) in [6, 6.07) is 26.9. The zero-order chi connectivity index (χ0) is 48.4. The molecule has 350 valence electrons. The fraction of sp³-hybridized carbons (Fsp3) is 0.385. The quantitative estimate of drug-likeness (QED) is 0.0715. The summed E-state index contributed by atoms with van der Waals surface area (Å²) in [5.41, 5.74) is 21.5. The third kappa shape index (κ3) is 26.6. The van der Waals surface area contributed by atoms with Crippen LogP contribution in [-0.4, -0.2) is 119 Å². The lowest BCUT2D eigenvalue weighted by atomic mass is 10.1. The van der Waals surface area contributed by atoms with Crippen molar-refractivity contribution in [2.24, 2.45) is 17.2 Å². The smallest absolute Gasteiger partial charge is 0.475 e. The van der Waals surface area contributed by atoms with Gasteiger partial charge in [0.15, 0.2) is 0 Å². The van der Waals surface area contributed by atoms with Crippen LogP contribution in [0.4, 0.5) is 39.5 Å². The molecule has 0 unspecified atom stereocenters. The van der Waals surface area contributed by atoms with Crippen molar-refractivity contribution in [1.29, 1.82) is 0 Å². The summed E-state index contributed by atoms with van der Waals surface area (Å²) in [6.07, 6.45) is -12.8. The van der Waals surface area contributed by atoms with Gasteiger partial charge < -0.3 is 48.1 Å². The molecule has 0 aliphatic heterocycles. The highest BCUT2D eigenvalue weighted by Crippen LogP contribution is 2.14. The maximum absolute atomic E-state index is 13.3. The molecule has 0 bridgehead atoms. The van der Waals surface area contributed by atoms with Gasteiger partial charge in [-0.15, -0.1) is 0 Å². The molecule has 0 radical (unpaired) electrons. The van der Waals surface area contributed by atoms with Crippen LogP contribution in [0.1, 0.15) is 29.5 Å². The van der Waals surface area contributed by atoms with Crippen LogP contribution in [0, 0.1) is 0 Å². The number of hydrogen-bond acceptors (Lipinski definition) is 9. The summed E-state index contributed by atoms with van der Waals surface area (Å²) in [5.74, 6) is -8.90. The fourth-order valence-electron chi connectivity index (χ4n) is 4.67. The van der Waals surface area contributed by atoms with Crippen molar-refractivity contribution in [3.8, 4) is 0 Å². The van der Waals surface area contributed by atoms with Gasteiger partial charge in [-0.1, -0.05) is 91.0 Å². The molecule has 3 amide bonds. The predicted molar refractivity (Wildman–Crippen MR) is 207 cm³/mol. The SMILES string of the molecule is N[C@@H](Cc1ccccc1)C(=O)NCCCN(CCCNC(=O)[C@@H](N)Cc1ccccc1)C(=O)[C@@H](N)Cc1ccccc1.O=C(O)C(F)(F)F.O=C(O)C(F)(F)F.O=C(O)C(F)(F)F. The molecule has 3 atom stereocenters. The molecule has 3 rings (SSSR count). The topological polar surface area (TPSA) is 268 Å². The third-order valence-corrected chi connectivity index (χ3v) is 7.73. The van der Waals surface area contributed by atoms with Crippen molar-refractivity contribution < 1.29 is 83.6 Å². The number of rotatable bonds is 17. The first kappa shape index (κ1) is 56.7. The maximum Gasteiger partial charge on any atom is 0.490 e. The molecule has 0 spiro atoms. The van der Waals surface area contributed by atoms with Crippen molar-refractivity contribution >= 4 is 35.6 Å². The Morgan fingerprint density at radius 3 is 0.952 bits per heavy atom. The Hall–Kier alpha value is -6.27. The van der Waals surface area contributed by atoms with E-state index < -0.39 is 54.6 Å². The molecule has 0 aromatic heterocycles. The van der Waals surface area contributed by atoms with E-state index in [1.165, 1.54) is 0 Å². The van der Waals surface area contributed by atoms with Crippen LogP contribution in [0.3, 0.4) is 0 Å². The Morgan fingerprint density at radius 1 is 0.476 bits per heavy atom. The van der Waals surface area contributed by atoms with E-state index in [1.54, 1.807) is 4.90 Å². The van der Waals surface area contributed by atoms with Crippen molar-refractivity contribution in [1.82, 2.24) is 15.5 Å². The van der Waals surface area contributed by atoms with Gasteiger partial charge in [0.25, 0.3) is 0 Å². The summed E-state index contributed by atoms with van der Waals surface area (Å²) in [4.78, 5) is 66.7. The van der Waals surface area contributed by atoms with Gasteiger partial charge in [-0.3, -0.25) is 14.4 Å². The number of nitrogens with zero attached hydrogens (tertiary/aromatic N) is 1. The minimum Gasteiger partial charge on any atom is -0.475 e. The predicted octanol–water partition coefficient (Wildman–Crippen LogP) is 3.44. The largest absolute Gasteiger partial charge is 0.490 e. The highest BCUT2D eigenvalue weighted by molar-refractivity contribution is 5.83. The third-order valence-electron chi connectivity index (χ3n) is 7.73. The molecule has 0 fully saturated rings. The highest BCUT2D eigenvalue weighted by atomic mass is 19.4. The number of nitrogens with two attached hydrogens (primary N) is 3. The molecular formula is C39H47F9N6O9. The minimum atomic E-state index is -5.08. The van der Waals surface area contributed by atoms with E-state index in [2.05, 4.69) is 10.6 Å². The molecule has 0 aliphatic rings. The van der Waals surface area contributed by atoms with Gasteiger partial charge in [0.1, 0.15) is 0 Å². The summed E-state index contributed by atoms with van der Waals surface area (Å²) in [6.45, 7) is 1.59.